The van der Waals surface area contributed by atoms with Crippen LogP contribution in [0, 0.1) is 5.92 Å². The van der Waals surface area contributed by atoms with Crippen LogP contribution in [0.25, 0.3) is 10.2 Å². The lowest BCUT2D eigenvalue weighted by molar-refractivity contribution is -0.137. The summed E-state index contributed by atoms with van der Waals surface area (Å²) in [5, 5.41) is 10.5. The zero-order valence-electron chi connectivity index (χ0n) is 14.4. The Hall–Kier alpha value is -2.36. The second kappa shape index (κ2) is 6.99. The number of thiophene rings is 1. The number of halogens is 3. The van der Waals surface area contributed by atoms with Crippen molar-refractivity contribution in [3.63, 3.8) is 0 Å². The molecule has 0 aromatic carbocycles. The number of aliphatic carboxylic acids is 1. The number of aromatic nitrogens is 1. The Bertz CT molecular complexity index is 924. The average Bonchev–Trinajstić information content (AvgIpc) is 2.92. The van der Waals surface area contributed by atoms with Crippen LogP contribution in [0.2, 0.25) is 0 Å². The quantitative estimate of drug-likeness (QED) is 0.730. The smallest absolute Gasteiger partial charge is 0.417 e. The number of nitrogens with one attached hydrogen (secondary N) is 1. The molecule has 2 aromatic rings. The number of aryl methyl sites for hydroxylation is 1. The Morgan fingerprint density at radius 3 is 2.70 bits per heavy atom. The fraction of sp³-hybridized carbons (Fsp3) is 0.471. The van der Waals surface area contributed by atoms with Crippen molar-refractivity contribution in [1.29, 1.82) is 0 Å². The van der Waals surface area contributed by atoms with Gasteiger partial charge in [0.25, 0.3) is 5.91 Å². The van der Waals surface area contributed by atoms with Gasteiger partial charge >= 0.3 is 12.1 Å². The number of nitrogens with two attached hydrogens (primary N) is 1. The molecule has 10 heteroatoms. The van der Waals surface area contributed by atoms with Gasteiger partial charge in [-0.05, 0) is 30.7 Å². The molecule has 6 nitrogen and oxygen atoms in total. The highest BCUT2D eigenvalue weighted by molar-refractivity contribution is 7.21. The first kappa shape index (κ1) is 19.4. The number of alkyl halides is 3. The summed E-state index contributed by atoms with van der Waals surface area (Å²) in [6, 6.07) is 0. The molecule has 2 heterocycles. The third-order valence-electron chi connectivity index (χ3n) is 4.81. The Labute approximate surface area is 156 Å². The van der Waals surface area contributed by atoms with E-state index in [1.165, 1.54) is 0 Å². The predicted molar refractivity (Wildman–Crippen MR) is 94.8 cm³/mol. The highest BCUT2D eigenvalue weighted by Crippen LogP contribution is 2.46. The topological polar surface area (TPSA) is 105 Å². The van der Waals surface area contributed by atoms with Crippen molar-refractivity contribution in [2.75, 3.05) is 12.3 Å². The number of pyridine rings is 1. The highest BCUT2D eigenvalue weighted by atomic mass is 32.1. The first-order chi connectivity index (χ1) is 12.6. The van der Waals surface area contributed by atoms with Crippen molar-refractivity contribution in [2.45, 2.75) is 38.8 Å². The van der Waals surface area contributed by atoms with Gasteiger partial charge in [0.2, 0.25) is 0 Å². The third kappa shape index (κ3) is 3.58. The Kier molecular flexibility index (Phi) is 5.02. The fourth-order valence-corrected chi connectivity index (χ4v) is 4.50. The van der Waals surface area contributed by atoms with Gasteiger partial charge in [0.15, 0.2) is 0 Å². The molecular formula is C17H18F3N3O3S. The molecule has 2 aromatic heterocycles. The molecule has 1 atom stereocenters. The molecule has 0 saturated carbocycles. The van der Waals surface area contributed by atoms with Gasteiger partial charge in [-0.2, -0.15) is 13.2 Å². The number of carboxylic acid groups (broad SMARTS) is 1. The lowest BCUT2D eigenvalue weighted by Crippen LogP contribution is -2.29. The summed E-state index contributed by atoms with van der Waals surface area (Å²) in [5.41, 5.74) is 5.35. The van der Waals surface area contributed by atoms with Crippen LogP contribution < -0.4 is 11.1 Å². The maximum atomic E-state index is 13.9. The molecule has 0 fully saturated rings. The van der Waals surface area contributed by atoms with E-state index in [4.69, 9.17) is 10.8 Å². The van der Waals surface area contributed by atoms with Crippen molar-refractivity contribution in [3.05, 3.63) is 21.7 Å². The van der Waals surface area contributed by atoms with Crippen LogP contribution >= 0.6 is 11.3 Å². The Morgan fingerprint density at radius 2 is 2.11 bits per heavy atom. The van der Waals surface area contributed by atoms with E-state index >= 15 is 0 Å². The molecule has 146 valence electrons. The van der Waals surface area contributed by atoms with E-state index in [2.05, 4.69) is 10.3 Å². The number of carboxylic acids is 1. The summed E-state index contributed by atoms with van der Waals surface area (Å²) in [5.74, 6) is -1.94. The van der Waals surface area contributed by atoms with Crippen molar-refractivity contribution >= 4 is 39.1 Å². The summed E-state index contributed by atoms with van der Waals surface area (Å²) in [4.78, 5) is 27.0. The third-order valence-corrected chi connectivity index (χ3v) is 5.91. The van der Waals surface area contributed by atoms with E-state index in [-0.39, 0.29) is 38.7 Å². The zero-order valence-corrected chi connectivity index (χ0v) is 15.3. The lowest BCUT2D eigenvalue weighted by Gasteiger charge is -2.26. The monoisotopic (exact) mass is 401 g/mol. The van der Waals surface area contributed by atoms with Crippen LogP contribution in [0.3, 0.4) is 0 Å². The van der Waals surface area contributed by atoms with Gasteiger partial charge in [0.1, 0.15) is 16.3 Å². The summed E-state index contributed by atoms with van der Waals surface area (Å²) in [7, 11) is 0. The second-order valence-electron chi connectivity index (χ2n) is 6.53. The van der Waals surface area contributed by atoms with Crippen LogP contribution in [0.5, 0.6) is 0 Å². The first-order valence-corrected chi connectivity index (χ1v) is 9.26. The summed E-state index contributed by atoms with van der Waals surface area (Å²) >= 11 is 0.752. The summed E-state index contributed by atoms with van der Waals surface area (Å²) in [6.45, 7) is 1.29. The summed E-state index contributed by atoms with van der Waals surface area (Å²) < 4.78 is 41.8. The maximum Gasteiger partial charge on any atom is 0.417 e. The van der Waals surface area contributed by atoms with Crippen LogP contribution in [0.15, 0.2) is 0 Å². The molecule has 4 N–H and O–H groups in total. The number of fused-ring (bicyclic) bond motifs is 2. The van der Waals surface area contributed by atoms with Gasteiger partial charge in [0, 0.05) is 11.1 Å². The van der Waals surface area contributed by atoms with Crippen molar-refractivity contribution in [3.8, 4) is 0 Å². The van der Waals surface area contributed by atoms with Gasteiger partial charge in [-0.25, -0.2) is 4.98 Å². The van der Waals surface area contributed by atoms with Gasteiger partial charge in [-0.15, -0.1) is 11.3 Å². The van der Waals surface area contributed by atoms with Crippen molar-refractivity contribution in [1.82, 2.24) is 10.3 Å². The SMILES string of the molecule is CCC1CCc2nc3sc(C(=O)NCC(=O)O)c(N)c3c(C(F)(F)F)c2C1. The van der Waals surface area contributed by atoms with E-state index in [0.29, 0.717) is 12.1 Å². The molecule has 0 radical (unpaired) electrons. The van der Waals surface area contributed by atoms with Crippen molar-refractivity contribution in [2.24, 2.45) is 5.92 Å². The zero-order chi connectivity index (χ0) is 19.9. The van der Waals surface area contributed by atoms with Gasteiger partial charge < -0.3 is 16.2 Å². The minimum Gasteiger partial charge on any atom is -0.480 e. The van der Waals surface area contributed by atoms with E-state index in [1.54, 1.807) is 0 Å². The second-order valence-corrected chi connectivity index (χ2v) is 7.53. The number of anilines is 1. The van der Waals surface area contributed by atoms with E-state index in [0.717, 1.165) is 24.2 Å². The highest BCUT2D eigenvalue weighted by Gasteiger charge is 2.40. The fourth-order valence-electron chi connectivity index (χ4n) is 3.46. The number of hydrogen-bond acceptors (Lipinski definition) is 5. The van der Waals surface area contributed by atoms with Gasteiger partial charge in [0.05, 0.1) is 11.3 Å². The molecule has 27 heavy (non-hydrogen) atoms. The molecule has 0 aliphatic heterocycles. The Balaban J connectivity index is 2.19. The van der Waals surface area contributed by atoms with Crippen LogP contribution in [-0.2, 0) is 23.8 Å². The molecular weight excluding hydrogens is 383 g/mol. The number of amides is 1. The molecule has 0 saturated heterocycles. The molecule has 0 bridgehead atoms. The predicted octanol–water partition coefficient (Wildman–Crippen LogP) is 3.23. The van der Waals surface area contributed by atoms with Crippen LogP contribution in [0.4, 0.5) is 18.9 Å². The van der Waals surface area contributed by atoms with Gasteiger partial charge in [-0.1, -0.05) is 13.3 Å². The number of hydrogen-bond donors (Lipinski definition) is 3. The molecule has 3 rings (SSSR count). The number of nitrogens with zero attached hydrogens (tertiary/aromatic N) is 1. The molecule has 1 unspecified atom stereocenters. The largest absolute Gasteiger partial charge is 0.480 e. The summed E-state index contributed by atoms with van der Waals surface area (Å²) in [6.07, 6.45) is -2.36. The standard InChI is InChI=1S/C17H18F3N3O3S/c1-2-7-3-4-9-8(5-7)12(17(18,19)20)11-13(21)14(27-16(11)23-9)15(26)22-6-10(24)25/h7H,2-6,21H2,1H3,(H,22,26)(H,24,25). The first-order valence-electron chi connectivity index (χ1n) is 8.44. The average molecular weight is 401 g/mol. The molecule has 0 spiro atoms. The van der Waals surface area contributed by atoms with E-state index in [1.807, 2.05) is 6.92 Å². The number of nitrogen functional groups attached to an aromatic ring is 1. The Morgan fingerprint density at radius 1 is 1.41 bits per heavy atom. The lowest BCUT2D eigenvalue weighted by atomic mass is 9.82. The van der Waals surface area contributed by atoms with Crippen molar-refractivity contribution < 1.29 is 27.9 Å². The van der Waals surface area contributed by atoms with E-state index < -0.39 is 30.2 Å². The minimum absolute atomic E-state index is 0.0500. The van der Waals surface area contributed by atoms with Crippen LogP contribution in [0.1, 0.15) is 46.3 Å². The minimum atomic E-state index is -4.63. The number of carbonyl (C=O) groups excluding carboxylic acids is 1. The number of rotatable bonds is 4. The molecule has 1 aliphatic rings. The van der Waals surface area contributed by atoms with Gasteiger partial charge in [-0.3, -0.25) is 9.59 Å². The molecule has 1 amide bonds. The molecule has 1 aliphatic carbocycles. The number of carbonyl (C=O) groups is 2. The maximum absolute atomic E-state index is 13.9. The van der Waals surface area contributed by atoms with E-state index in [9.17, 15) is 22.8 Å². The normalized spacial score (nSPS) is 17.0. The van der Waals surface area contributed by atoms with Crippen LogP contribution in [-0.4, -0.2) is 28.5 Å².